The molecule has 0 aromatic heterocycles. The Morgan fingerprint density at radius 3 is 2.45 bits per heavy atom. The fourth-order valence-electron chi connectivity index (χ4n) is 2.17. The Balaban J connectivity index is 2.24. The summed E-state index contributed by atoms with van der Waals surface area (Å²) in [7, 11) is 3.66. The Bertz CT molecular complexity index is 586. The molecule has 0 aliphatic carbocycles. The molecule has 20 heavy (non-hydrogen) atoms. The van der Waals surface area contributed by atoms with Crippen LogP contribution in [0, 0.1) is 0 Å². The molecule has 2 rings (SSSR count). The topological polar surface area (TPSA) is 21.3 Å². The van der Waals surface area contributed by atoms with Crippen LogP contribution in [-0.2, 0) is 6.42 Å². The van der Waals surface area contributed by atoms with Gasteiger partial charge in [-0.2, -0.15) is 0 Å². The van der Waals surface area contributed by atoms with Crippen molar-refractivity contribution in [3.05, 3.63) is 62.5 Å². The van der Waals surface area contributed by atoms with Gasteiger partial charge in [0.05, 0.1) is 11.6 Å². The van der Waals surface area contributed by atoms with Crippen molar-refractivity contribution in [1.82, 2.24) is 5.32 Å². The number of hydrogen-bond donors (Lipinski definition) is 1. The number of rotatable bonds is 5. The van der Waals surface area contributed by atoms with Crippen LogP contribution < -0.4 is 10.1 Å². The van der Waals surface area contributed by atoms with E-state index in [1.807, 2.05) is 19.2 Å². The van der Waals surface area contributed by atoms with E-state index in [2.05, 4.69) is 67.5 Å². The molecule has 2 aromatic carbocycles. The highest BCUT2D eigenvalue weighted by molar-refractivity contribution is 9.10. The van der Waals surface area contributed by atoms with Crippen molar-refractivity contribution < 1.29 is 4.74 Å². The van der Waals surface area contributed by atoms with Crippen LogP contribution in [0.3, 0.4) is 0 Å². The summed E-state index contributed by atoms with van der Waals surface area (Å²) in [6.07, 6.45) is 0.927. The van der Waals surface area contributed by atoms with E-state index in [4.69, 9.17) is 4.74 Å². The van der Waals surface area contributed by atoms with Crippen LogP contribution in [0.1, 0.15) is 17.2 Å². The smallest absolute Gasteiger partial charge is 0.133 e. The van der Waals surface area contributed by atoms with Gasteiger partial charge in [0, 0.05) is 10.5 Å². The maximum absolute atomic E-state index is 5.28. The molecule has 0 heterocycles. The average Bonchev–Trinajstić information content (AvgIpc) is 2.46. The molecule has 1 unspecified atom stereocenters. The first-order valence-electron chi connectivity index (χ1n) is 6.39. The predicted octanol–water partition coefficient (Wildman–Crippen LogP) is 4.72. The average molecular weight is 399 g/mol. The van der Waals surface area contributed by atoms with Crippen LogP contribution in [0.5, 0.6) is 5.75 Å². The van der Waals surface area contributed by atoms with E-state index in [0.717, 1.165) is 21.1 Å². The molecule has 4 heteroatoms. The highest BCUT2D eigenvalue weighted by atomic mass is 79.9. The van der Waals surface area contributed by atoms with Crippen LogP contribution in [0.15, 0.2) is 51.4 Å². The molecule has 106 valence electrons. The maximum atomic E-state index is 5.28. The number of benzene rings is 2. The second-order valence-electron chi connectivity index (χ2n) is 4.53. The highest BCUT2D eigenvalue weighted by Crippen LogP contribution is 2.30. The summed E-state index contributed by atoms with van der Waals surface area (Å²) in [5, 5.41) is 3.38. The van der Waals surface area contributed by atoms with E-state index in [9.17, 15) is 0 Å². The zero-order valence-electron chi connectivity index (χ0n) is 11.5. The summed E-state index contributed by atoms with van der Waals surface area (Å²) in [5.41, 5.74) is 2.52. The normalized spacial score (nSPS) is 12.2. The fourth-order valence-corrected chi connectivity index (χ4v) is 3.17. The lowest BCUT2D eigenvalue weighted by Crippen LogP contribution is -2.19. The molecule has 0 bridgehead atoms. The minimum absolute atomic E-state index is 0.260. The third kappa shape index (κ3) is 3.62. The molecule has 0 saturated heterocycles. The number of ether oxygens (including phenoxy) is 1. The van der Waals surface area contributed by atoms with Crippen molar-refractivity contribution in [2.45, 2.75) is 12.5 Å². The molecule has 0 spiro atoms. The predicted molar refractivity (Wildman–Crippen MR) is 90.3 cm³/mol. The lowest BCUT2D eigenvalue weighted by atomic mass is 9.99. The second kappa shape index (κ2) is 7.25. The van der Waals surface area contributed by atoms with Gasteiger partial charge in [0.15, 0.2) is 0 Å². The van der Waals surface area contributed by atoms with Gasteiger partial charge in [0.25, 0.3) is 0 Å². The molecule has 2 aromatic rings. The quantitative estimate of drug-likeness (QED) is 0.786. The van der Waals surface area contributed by atoms with Gasteiger partial charge in [0.2, 0.25) is 0 Å². The minimum atomic E-state index is 0.260. The van der Waals surface area contributed by atoms with Crippen molar-refractivity contribution in [3.63, 3.8) is 0 Å². The second-order valence-corrected chi connectivity index (χ2v) is 6.24. The van der Waals surface area contributed by atoms with Gasteiger partial charge in [0.1, 0.15) is 5.75 Å². The van der Waals surface area contributed by atoms with Gasteiger partial charge >= 0.3 is 0 Å². The standard InChI is InChI=1S/C16H17Br2NO/c1-19-15(10-11-5-3-4-6-13(11)17)12-7-8-16(20-2)14(18)9-12/h3-9,15,19H,10H2,1-2H3. The van der Waals surface area contributed by atoms with Gasteiger partial charge in [-0.1, -0.05) is 40.2 Å². The lowest BCUT2D eigenvalue weighted by molar-refractivity contribution is 0.411. The third-order valence-electron chi connectivity index (χ3n) is 3.31. The minimum Gasteiger partial charge on any atom is -0.496 e. The summed E-state index contributed by atoms with van der Waals surface area (Å²) in [6, 6.07) is 14.8. The first-order valence-corrected chi connectivity index (χ1v) is 7.98. The van der Waals surface area contributed by atoms with E-state index in [1.165, 1.54) is 11.1 Å². The van der Waals surface area contributed by atoms with Crippen molar-refractivity contribution in [2.24, 2.45) is 0 Å². The maximum Gasteiger partial charge on any atom is 0.133 e. The van der Waals surface area contributed by atoms with Crippen LogP contribution in [-0.4, -0.2) is 14.2 Å². The Kier molecular flexibility index (Phi) is 5.64. The van der Waals surface area contributed by atoms with Gasteiger partial charge in [-0.3, -0.25) is 0 Å². The molecule has 0 aliphatic heterocycles. The lowest BCUT2D eigenvalue weighted by Gasteiger charge is -2.18. The van der Waals surface area contributed by atoms with Crippen molar-refractivity contribution in [2.75, 3.05) is 14.2 Å². The van der Waals surface area contributed by atoms with Crippen LogP contribution in [0.4, 0.5) is 0 Å². The molecule has 1 N–H and O–H groups in total. The van der Waals surface area contributed by atoms with E-state index >= 15 is 0 Å². The number of halogens is 2. The number of hydrogen-bond acceptors (Lipinski definition) is 2. The molecule has 0 saturated carbocycles. The molecule has 0 aliphatic rings. The van der Waals surface area contributed by atoms with Gasteiger partial charge in [-0.05, 0) is 58.7 Å². The molecule has 1 atom stereocenters. The molecular weight excluding hydrogens is 382 g/mol. The summed E-state index contributed by atoms with van der Waals surface area (Å²) < 4.78 is 7.40. The van der Waals surface area contributed by atoms with E-state index < -0.39 is 0 Å². The Labute approximate surface area is 136 Å². The van der Waals surface area contributed by atoms with Crippen LogP contribution in [0.25, 0.3) is 0 Å². The van der Waals surface area contributed by atoms with Gasteiger partial charge < -0.3 is 10.1 Å². The van der Waals surface area contributed by atoms with Crippen molar-refractivity contribution in [3.8, 4) is 5.75 Å². The Morgan fingerprint density at radius 2 is 1.85 bits per heavy atom. The van der Waals surface area contributed by atoms with Gasteiger partial charge in [-0.25, -0.2) is 0 Å². The number of likely N-dealkylation sites (N-methyl/N-ethyl adjacent to an activating group) is 1. The van der Waals surface area contributed by atoms with E-state index in [0.29, 0.717) is 0 Å². The Hall–Kier alpha value is -0.840. The molecular formula is C16H17Br2NO. The zero-order chi connectivity index (χ0) is 14.5. The van der Waals surface area contributed by atoms with E-state index in [1.54, 1.807) is 7.11 Å². The largest absolute Gasteiger partial charge is 0.496 e. The van der Waals surface area contributed by atoms with Crippen LogP contribution >= 0.6 is 31.9 Å². The van der Waals surface area contributed by atoms with Crippen LogP contribution in [0.2, 0.25) is 0 Å². The fraction of sp³-hybridized carbons (Fsp3) is 0.250. The number of nitrogens with one attached hydrogen (secondary N) is 1. The summed E-state index contributed by atoms with van der Waals surface area (Å²) >= 11 is 7.15. The zero-order valence-corrected chi connectivity index (χ0v) is 14.7. The first-order chi connectivity index (χ1) is 9.65. The molecule has 0 radical (unpaired) electrons. The monoisotopic (exact) mass is 397 g/mol. The van der Waals surface area contributed by atoms with Gasteiger partial charge in [-0.15, -0.1) is 0 Å². The number of methoxy groups -OCH3 is 1. The summed E-state index contributed by atoms with van der Waals surface area (Å²) in [5.74, 6) is 0.851. The highest BCUT2D eigenvalue weighted by Gasteiger charge is 2.13. The molecule has 0 amide bonds. The van der Waals surface area contributed by atoms with E-state index in [-0.39, 0.29) is 6.04 Å². The van der Waals surface area contributed by atoms with Crippen molar-refractivity contribution in [1.29, 1.82) is 0 Å². The molecule has 0 fully saturated rings. The summed E-state index contributed by atoms with van der Waals surface area (Å²) in [4.78, 5) is 0. The molecule has 2 nitrogen and oxygen atoms in total. The SMILES string of the molecule is CNC(Cc1ccccc1Br)c1ccc(OC)c(Br)c1. The Morgan fingerprint density at radius 1 is 1.10 bits per heavy atom. The van der Waals surface area contributed by atoms with Crippen molar-refractivity contribution >= 4 is 31.9 Å². The summed E-state index contributed by atoms with van der Waals surface area (Å²) in [6.45, 7) is 0. The first kappa shape index (κ1) is 15.5. The third-order valence-corrected chi connectivity index (χ3v) is 4.70.